The van der Waals surface area contributed by atoms with Crippen molar-refractivity contribution in [1.82, 2.24) is 10.6 Å². The summed E-state index contributed by atoms with van der Waals surface area (Å²) < 4.78 is 0. The van der Waals surface area contributed by atoms with Crippen molar-refractivity contribution < 1.29 is 9.90 Å². The Morgan fingerprint density at radius 2 is 1.67 bits per heavy atom. The van der Waals surface area contributed by atoms with Gasteiger partial charge in [0.25, 0.3) is 0 Å². The third-order valence-corrected chi connectivity index (χ3v) is 5.43. The van der Waals surface area contributed by atoms with E-state index in [-0.39, 0.29) is 12.1 Å². The minimum atomic E-state index is -0.978. The van der Waals surface area contributed by atoms with Crippen LogP contribution in [0.1, 0.15) is 43.7 Å². The van der Waals surface area contributed by atoms with Crippen LogP contribution in [0.15, 0.2) is 60.7 Å². The predicted octanol–water partition coefficient (Wildman–Crippen LogP) is 3.20. The van der Waals surface area contributed by atoms with E-state index in [2.05, 4.69) is 29.7 Å². The van der Waals surface area contributed by atoms with E-state index in [1.54, 1.807) is 0 Å². The molecular weight excluding hydrogens is 336 g/mol. The number of unbranched alkanes of at least 4 members (excludes halogenated alkanes) is 1. The van der Waals surface area contributed by atoms with Gasteiger partial charge in [-0.3, -0.25) is 10.1 Å². The third-order valence-electron chi connectivity index (χ3n) is 5.43. The van der Waals surface area contributed by atoms with Crippen molar-refractivity contribution in [2.24, 2.45) is 0 Å². The second-order valence-corrected chi connectivity index (χ2v) is 7.49. The van der Waals surface area contributed by atoms with Crippen molar-refractivity contribution in [2.75, 3.05) is 0 Å². The van der Waals surface area contributed by atoms with Crippen LogP contribution in [-0.2, 0) is 17.6 Å². The molecule has 3 atom stereocenters. The maximum absolute atomic E-state index is 13.0. The molecule has 1 aliphatic heterocycles. The van der Waals surface area contributed by atoms with E-state index in [9.17, 15) is 9.90 Å². The molecule has 2 aromatic carbocycles. The molecule has 0 radical (unpaired) electrons. The van der Waals surface area contributed by atoms with Crippen molar-refractivity contribution >= 4 is 5.91 Å². The lowest BCUT2D eigenvalue weighted by molar-refractivity contribution is -0.128. The molecule has 1 amide bonds. The zero-order chi connectivity index (χ0) is 19.1. The molecule has 0 bridgehead atoms. The summed E-state index contributed by atoms with van der Waals surface area (Å²) in [6.45, 7) is 2.14. The van der Waals surface area contributed by atoms with Crippen LogP contribution < -0.4 is 10.6 Å². The second kappa shape index (κ2) is 9.16. The number of aryl methyl sites for hydroxylation is 1. The Morgan fingerprint density at radius 3 is 2.30 bits per heavy atom. The van der Waals surface area contributed by atoms with Gasteiger partial charge in [-0.25, -0.2) is 0 Å². The summed E-state index contributed by atoms with van der Waals surface area (Å²) in [6.07, 6.45) is 3.93. The van der Waals surface area contributed by atoms with E-state index < -0.39 is 11.6 Å². The molecule has 0 aliphatic carbocycles. The van der Waals surface area contributed by atoms with E-state index in [0.717, 1.165) is 31.2 Å². The highest BCUT2D eigenvalue weighted by atomic mass is 16.3. The number of nitrogens with one attached hydrogen (secondary N) is 2. The Balaban J connectivity index is 1.77. The Morgan fingerprint density at radius 1 is 1.04 bits per heavy atom. The minimum Gasteiger partial charge on any atom is -0.391 e. The molecule has 0 saturated carbocycles. The average Bonchev–Trinajstić information content (AvgIpc) is 3.02. The molecule has 2 aromatic rings. The van der Waals surface area contributed by atoms with Gasteiger partial charge in [-0.1, -0.05) is 80.4 Å². The van der Waals surface area contributed by atoms with Crippen LogP contribution in [0.25, 0.3) is 0 Å². The largest absolute Gasteiger partial charge is 0.391 e. The van der Waals surface area contributed by atoms with E-state index in [0.29, 0.717) is 12.8 Å². The van der Waals surface area contributed by atoms with Gasteiger partial charge in [0.1, 0.15) is 5.54 Å². The number of hydrogen-bond donors (Lipinski definition) is 3. The van der Waals surface area contributed by atoms with Gasteiger partial charge in [0.05, 0.1) is 12.3 Å². The number of aliphatic hydroxyl groups excluding tert-OH is 1. The van der Waals surface area contributed by atoms with Crippen molar-refractivity contribution in [3.8, 4) is 0 Å². The maximum atomic E-state index is 13.0. The van der Waals surface area contributed by atoms with Crippen LogP contribution in [0.3, 0.4) is 0 Å². The van der Waals surface area contributed by atoms with Gasteiger partial charge >= 0.3 is 0 Å². The summed E-state index contributed by atoms with van der Waals surface area (Å²) in [5.74, 6) is -0.0898. The second-order valence-electron chi connectivity index (χ2n) is 7.49. The summed E-state index contributed by atoms with van der Waals surface area (Å²) in [4.78, 5) is 13.0. The number of carbonyl (C=O) groups excluding carboxylic acids is 1. The normalized spacial score (nSPS) is 23.2. The van der Waals surface area contributed by atoms with Crippen LogP contribution in [0.2, 0.25) is 0 Å². The Bertz CT molecular complexity index is 720. The van der Waals surface area contributed by atoms with Crippen molar-refractivity contribution in [3.63, 3.8) is 0 Å². The fourth-order valence-electron chi connectivity index (χ4n) is 3.86. The molecule has 1 aliphatic rings. The van der Waals surface area contributed by atoms with Gasteiger partial charge < -0.3 is 10.4 Å². The fraction of sp³-hybridized carbons (Fsp3) is 0.435. The van der Waals surface area contributed by atoms with Crippen LogP contribution >= 0.6 is 0 Å². The van der Waals surface area contributed by atoms with Crippen molar-refractivity contribution in [3.05, 3.63) is 71.8 Å². The van der Waals surface area contributed by atoms with Gasteiger partial charge in [0.15, 0.2) is 0 Å². The molecule has 4 heteroatoms. The molecule has 144 valence electrons. The summed E-state index contributed by atoms with van der Waals surface area (Å²) in [5, 5.41) is 17.6. The smallest absolute Gasteiger partial charge is 0.244 e. The molecule has 1 heterocycles. The lowest BCUT2D eigenvalue weighted by Crippen LogP contribution is -2.58. The Hall–Kier alpha value is -2.17. The highest BCUT2D eigenvalue weighted by molar-refractivity contribution is 5.90. The number of aliphatic hydroxyl groups is 1. The molecule has 3 rings (SSSR count). The fourth-order valence-corrected chi connectivity index (χ4v) is 3.86. The van der Waals surface area contributed by atoms with Crippen molar-refractivity contribution in [2.45, 2.75) is 63.3 Å². The topological polar surface area (TPSA) is 61.4 Å². The van der Waals surface area contributed by atoms with Crippen LogP contribution in [0, 0.1) is 0 Å². The first-order chi connectivity index (χ1) is 13.1. The van der Waals surface area contributed by atoms with Crippen LogP contribution in [0.4, 0.5) is 0 Å². The summed E-state index contributed by atoms with van der Waals surface area (Å²) in [5.41, 5.74) is 1.25. The average molecular weight is 367 g/mol. The quantitative estimate of drug-likeness (QED) is 0.639. The summed E-state index contributed by atoms with van der Waals surface area (Å²) in [6, 6.07) is 20.0. The highest BCUT2D eigenvalue weighted by Gasteiger charge is 2.50. The highest BCUT2D eigenvalue weighted by Crippen LogP contribution is 2.27. The maximum Gasteiger partial charge on any atom is 0.244 e. The van der Waals surface area contributed by atoms with Gasteiger partial charge in [0.2, 0.25) is 5.91 Å². The van der Waals surface area contributed by atoms with Gasteiger partial charge in [0, 0.05) is 6.42 Å². The first kappa shape index (κ1) is 19.6. The zero-order valence-electron chi connectivity index (χ0n) is 16.0. The lowest BCUT2D eigenvalue weighted by Gasteiger charge is -2.33. The zero-order valence-corrected chi connectivity index (χ0v) is 16.0. The lowest BCUT2D eigenvalue weighted by atomic mass is 9.82. The number of carbonyl (C=O) groups is 1. The Kier molecular flexibility index (Phi) is 6.64. The molecule has 3 N–H and O–H groups in total. The number of amides is 1. The standard InChI is InChI=1S/C23H30N2O2/c1-2-3-14-21-24-22(27)23(25-21,17-19-12-8-5-9-13-19)20(26)16-15-18-10-6-4-7-11-18/h4-13,20-21,25-26H,2-3,14-17H2,1H3,(H,24,27)/t20?,21?,23-/m0/s1. The predicted molar refractivity (Wildman–Crippen MR) is 108 cm³/mol. The molecular formula is C23H30N2O2. The van der Waals surface area contributed by atoms with Crippen LogP contribution in [0.5, 0.6) is 0 Å². The summed E-state index contributed by atoms with van der Waals surface area (Å²) >= 11 is 0. The van der Waals surface area contributed by atoms with E-state index >= 15 is 0 Å². The Labute approximate surface area is 162 Å². The van der Waals surface area contributed by atoms with Crippen LogP contribution in [-0.4, -0.2) is 28.8 Å². The monoisotopic (exact) mass is 366 g/mol. The third kappa shape index (κ3) is 4.76. The molecule has 1 fully saturated rings. The molecule has 0 aromatic heterocycles. The molecule has 2 unspecified atom stereocenters. The molecule has 4 nitrogen and oxygen atoms in total. The first-order valence-electron chi connectivity index (χ1n) is 9.98. The van der Waals surface area contributed by atoms with Gasteiger partial charge in [-0.2, -0.15) is 0 Å². The molecule has 1 saturated heterocycles. The van der Waals surface area contributed by atoms with Gasteiger partial charge in [-0.15, -0.1) is 0 Å². The molecule has 0 spiro atoms. The SMILES string of the molecule is CCCCC1NC(=O)[C@](Cc2ccccc2)(C(O)CCc2ccccc2)N1. The van der Waals surface area contributed by atoms with E-state index in [1.807, 2.05) is 48.5 Å². The first-order valence-corrected chi connectivity index (χ1v) is 9.98. The summed E-state index contributed by atoms with van der Waals surface area (Å²) in [7, 11) is 0. The van der Waals surface area contributed by atoms with E-state index in [4.69, 9.17) is 0 Å². The van der Waals surface area contributed by atoms with Crippen molar-refractivity contribution in [1.29, 1.82) is 0 Å². The minimum absolute atomic E-state index is 0.0764. The number of hydrogen-bond acceptors (Lipinski definition) is 3. The van der Waals surface area contributed by atoms with E-state index in [1.165, 1.54) is 5.56 Å². The molecule has 27 heavy (non-hydrogen) atoms. The number of rotatable bonds is 9. The number of benzene rings is 2. The van der Waals surface area contributed by atoms with Gasteiger partial charge in [-0.05, 0) is 30.4 Å².